The lowest BCUT2D eigenvalue weighted by Crippen LogP contribution is -2.38. The van der Waals surface area contributed by atoms with E-state index in [1.807, 2.05) is 13.8 Å². The van der Waals surface area contributed by atoms with E-state index in [9.17, 15) is 18.0 Å². The minimum Gasteiger partial charge on any atom is -0.398 e. The molecule has 0 atom stereocenters. The maximum Gasteiger partial charge on any atom is 0.433 e. The number of hydrogen-bond acceptors (Lipinski definition) is 4. The van der Waals surface area contributed by atoms with Gasteiger partial charge in [0.1, 0.15) is 11.4 Å². The van der Waals surface area contributed by atoms with Crippen LogP contribution in [0.25, 0.3) is 10.9 Å². The van der Waals surface area contributed by atoms with Crippen LogP contribution in [0.1, 0.15) is 66.0 Å². The van der Waals surface area contributed by atoms with Gasteiger partial charge >= 0.3 is 6.18 Å². The molecule has 1 saturated carbocycles. The molecule has 1 aliphatic rings. The lowest BCUT2D eigenvalue weighted by atomic mass is 9.80. The van der Waals surface area contributed by atoms with E-state index < -0.39 is 11.9 Å². The average Bonchev–Trinajstić information content (AvgIpc) is 3.15. The fourth-order valence-corrected chi connectivity index (χ4v) is 4.97. The lowest BCUT2D eigenvalue weighted by molar-refractivity contribution is -0.140. The van der Waals surface area contributed by atoms with E-state index in [1.54, 1.807) is 16.8 Å². The summed E-state index contributed by atoms with van der Waals surface area (Å²) in [6, 6.07) is 5.68. The molecule has 33 heavy (non-hydrogen) atoms. The Morgan fingerprint density at radius 2 is 1.94 bits per heavy atom. The number of pyridine rings is 1. The first-order valence-corrected chi connectivity index (χ1v) is 11.3. The molecule has 1 aromatic carbocycles. The molecule has 6 nitrogen and oxygen atoms in total. The Labute approximate surface area is 194 Å². The van der Waals surface area contributed by atoms with Crippen LogP contribution in [0.5, 0.6) is 0 Å². The van der Waals surface area contributed by atoms with Gasteiger partial charge in [0, 0.05) is 28.7 Å². The number of halogens is 4. The molecule has 1 fully saturated rings. The van der Waals surface area contributed by atoms with E-state index in [1.165, 1.54) is 6.07 Å². The van der Waals surface area contributed by atoms with Gasteiger partial charge in [0.05, 0.1) is 11.2 Å². The molecule has 0 spiro atoms. The Bertz CT molecular complexity index is 1200. The molecule has 3 N–H and O–H groups in total. The number of nitrogens with one attached hydrogen (secondary N) is 1. The molecular formula is C23H25ClF3N5O. The second-order valence-corrected chi connectivity index (χ2v) is 8.87. The molecule has 0 saturated heterocycles. The number of aromatic nitrogens is 3. The van der Waals surface area contributed by atoms with Gasteiger partial charge in [-0.25, -0.2) is 4.98 Å². The quantitative estimate of drug-likeness (QED) is 0.519. The van der Waals surface area contributed by atoms with Crippen LogP contribution in [0.3, 0.4) is 0 Å². The maximum absolute atomic E-state index is 13.2. The van der Waals surface area contributed by atoms with E-state index in [4.69, 9.17) is 17.3 Å². The average molecular weight is 480 g/mol. The maximum atomic E-state index is 13.2. The number of benzene rings is 1. The van der Waals surface area contributed by atoms with Crippen LogP contribution in [0.15, 0.2) is 24.3 Å². The summed E-state index contributed by atoms with van der Waals surface area (Å²) in [5.41, 5.74) is 7.29. The predicted molar refractivity (Wildman–Crippen MR) is 121 cm³/mol. The van der Waals surface area contributed by atoms with E-state index in [0.717, 1.165) is 43.0 Å². The summed E-state index contributed by atoms with van der Waals surface area (Å²) in [6.07, 6.45) is -1.70. The second kappa shape index (κ2) is 8.85. The third kappa shape index (κ3) is 4.64. The molecule has 176 valence electrons. The molecule has 3 aromatic rings. The molecule has 1 amide bonds. The van der Waals surface area contributed by atoms with Crippen LogP contribution in [-0.2, 0) is 12.7 Å². The van der Waals surface area contributed by atoms with Crippen LogP contribution in [-0.4, -0.2) is 26.7 Å². The predicted octanol–water partition coefficient (Wildman–Crippen LogP) is 5.47. The summed E-state index contributed by atoms with van der Waals surface area (Å²) in [6.45, 7) is 4.38. The molecule has 1 aliphatic carbocycles. The van der Waals surface area contributed by atoms with E-state index >= 15 is 0 Å². The SMILES string of the molecule is CCn1nc(C)cc1C(=O)NC1CCC(c2c(Cl)ccc3nc(C(F)(F)F)cc(N)c23)CC1. The Morgan fingerprint density at radius 3 is 2.58 bits per heavy atom. The highest BCUT2D eigenvalue weighted by Gasteiger charge is 2.34. The van der Waals surface area contributed by atoms with Crippen molar-refractivity contribution in [2.45, 2.75) is 64.2 Å². The number of nitrogens with zero attached hydrogens (tertiary/aromatic N) is 3. The fraction of sp³-hybridized carbons (Fsp3) is 0.435. The zero-order valence-electron chi connectivity index (χ0n) is 18.3. The van der Waals surface area contributed by atoms with Crippen molar-refractivity contribution in [3.63, 3.8) is 0 Å². The molecule has 10 heteroatoms. The van der Waals surface area contributed by atoms with E-state index in [2.05, 4.69) is 15.4 Å². The van der Waals surface area contributed by atoms with Crippen LogP contribution in [0.2, 0.25) is 5.02 Å². The minimum atomic E-state index is -4.58. The first-order valence-electron chi connectivity index (χ1n) is 10.9. The van der Waals surface area contributed by atoms with Crippen LogP contribution >= 0.6 is 11.6 Å². The number of rotatable bonds is 4. The van der Waals surface area contributed by atoms with Crippen molar-refractivity contribution < 1.29 is 18.0 Å². The van der Waals surface area contributed by atoms with Gasteiger partial charge in [-0.05, 0) is 75.3 Å². The molecule has 4 rings (SSSR count). The molecule has 2 heterocycles. The molecular weight excluding hydrogens is 455 g/mol. The minimum absolute atomic E-state index is 0.00434. The number of hydrogen-bond donors (Lipinski definition) is 2. The summed E-state index contributed by atoms with van der Waals surface area (Å²) in [5, 5.41) is 8.34. The highest BCUT2D eigenvalue weighted by molar-refractivity contribution is 6.32. The number of alkyl halides is 3. The molecule has 2 aromatic heterocycles. The number of fused-ring (bicyclic) bond motifs is 1. The zero-order valence-corrected chi connectivity index (χ0v) is 19.1. The Kier molecular flexibility index (Phi) is 6.26. The summed E-state index contributed by atoms with van der Waals surface area (Å²) in [4.78, 5) is 16.5. The Balaban J connectivity index is 1.53. The number of carbonyl (C=O) groups excluding carboxylic acids is 1. The number of nitrogen functional groups attached to an aromatic ring is 1. The molecule has 0 radical (unpaired) electrons. The van der Waals surface area contributed by atoms with Crippen molar-refractivity contribution in [1.82, 2.24) is 20.1 Å². The number of carbonyl (C=O) groups is 1. The third-order valence-corrected chi connectivity index (χ3v) is 6.52. The number of nitrogens with two attached hydrogens (primary N) is 1. The number of aryl methyl sites for hydroxylation is 2. The highest BCUT2D eigenvalue weighted by atomic mass is 35.5. The van der Waals surface area contributed by atoms with Crippen LogP contribution in [0, 0.1) is 6.92 Å². The van der Waals surface area contributed by atoms with Crippen molar-refractivity contribution in [3.8, 4) is 0 Å². The van der Waals surface area contributed by atoms with Crippen LogP contribution in [0.4, 0.5) is 18.9 Å². The molecule has 0 aliphatic heterocycles. The van der Waals surface area contributed by atoms with Crippen molar-refractivity contribution in [3.05, 3.63) is 51.9 Å². The lowest BCUT2D eigenvalue weighted by Gasteiger charge is -2.30. The normalized spacial score (nSPS) is 19.1. The Hall–Kier alpha value is -2.81. The van der Waals surface area contributed by atoms with Crippen molar-refractivity contribution in [1.29, 1.82) is 0 Å². The molecule has 0 bridgehead atoms. The summed E-state index contributed by atoms with van der Waals surface area (Å²) in [7, 11) is 0. The van der Waals surface area contributed by atoms with Gasteiger partial charge < -0.3 is 11.1 Å². The summed E-state index contributed by atoms with van der Waals surface area (Å²) in [5.74, 6) is -0.143. The van der Waals surface area contributed by atoms with E-state index in [-0.39, 0.29) is 29.1 Å². The summed E-state index contributed by atoms with van der Waals surface area (Å²) < 4.78 is 41.2. The molecule has 0 unspecified atom stereocenters. The van der Waals surface area contributed by atoms with Gasteiger partial charge in [-0.2, -0.15) is 18.3 Å². The van der Waals surface area contributed by atoms with Crippen LogP contribution < -0.4 is 11.1 Å². The highest BCUT2D eigenvalue weighted by Crippen LogP contribution is 2.43. The third-order valence-electron chi connectivity index (χ3n) is 6.19. The fourth-order valence-electron chi connectivity index (χ4n) is 4.66. The summed E-state index contributed by atoms with van der Waals surface area (Å²) >= 11 is 6.49. The topological polar surface area (TPSA) is 85.8 Å². The van der Waals surface area contributed by atoms with E-state index in [0.29, 0.717) is 22.6 Å². The number of amides is 1. The smallest absolute Gasteiger partial charge is 0.398 e. The monoisotopic (exact) mass is 479 g/mol. The second-order valence-electron chi connectivity index (χ2n) is 8.46. The Morgan fingerprint density at radius 1 is 1.24 bits per heavy atom. The van der Waals surface area contributed by atoms with Gasteiger partial charge in [0.2, 0.25) is 0 Å². The standard InChI is InChI=1S/C23H25ClF3N5O/c1-3-32-18(10-12(2)31-32)22(33)29-14-6-4-13(5-7-14)20-15(24)8-9-17-21(20)16(28)11-19(30-17)23(25,26)27/h8-11,13-14H,3-7H2,1-2H3,(H2,28,30)(H,29,33). The van der Waals surface area contributed by atoms with Crippen molar-refractivity contribution in [2.24, 2.45) is 0 Å². The van der Waals surface area contributed by atoms with Gasteiger partial charge in [-0.1, -0.05) is 11.6 Å². The number of anilines is 1. The van der Waals surface area contributed by atoms with Gasteiger partial charge in [0.15, 0.2) is 0 Å². The zero-order chi connectivity index (χ0) is 23.9. The van der Waals surface area contributed by atoms with Gasteiger partial charge in [-0.15, -0.1) is 0 Å². The first-order chi connectivity index (χ1) is 15.6. The van der Waals surface area contributed by atoms with Gasteiger partial charge in [-0.3, -0.25) is 9.48 Å². The largest absolute Gasteiger partial charge is 0.433 e. The van der Waals surface area contributed by atoms with Crippen molar-refractivity contribution in [2.75, 3.05) is 5.73 Å². The van der Waals surface area contributed by atoms with Gasteiger partial charge in [0.25, 0.3) is 5.91 Å². The first kappa shape index (κ1) is 23.4. The van der Waals surface area contributed by atoms with Crippen molar-refractivity contribution >= 4 is 34.1 Å².